The third-order valence-electron chi connectivity index (χ3n) is 6.48. The Morgan fingerprint density at radius 1 is 0.976 bits per heavy atom. The van der Waals surface area contributed by atoms with Crippen molar-refractivity contribution in [2.45, 2.75) is 32.2 Å². The molecule has 12 heteroatoms. The van der Waals surface area contributed by atoms with Crippen molar-refractivity contribution in [2.75, 3.05) is 12.1 Å². The number of aromatic nitrogens is 1. The number of ether oxygens (including phenoxy) is 2. The molecular formula is C29H25IN4O7. The van der Waals surface area contributed by atoms with Crippen LogP contribution >= 0.6 is 22.6 Å². The number of carbonyl (C=O) groups is 3. The molecule has 4 aromatic rings. The summed E-state index contributed by atoms with van der Waals surface area (Å²) < 4.78 is 13.1. The number of carboxylic acids is 1. The summed E-state index contributed by atoms with van der Waals surface area (Å²) in [5.74, 6) is -0.546. The minimum atomic E-state index is -0.923. The van der Waals surface area contributed by atoms with Gasteiger partial charge in [-0.15, -0.1) is 10.2 Å². The van der Waals surface area contributed by atoms with Gasteiger partial charge in [-0.1, -0.05) is 6.07 Å². The van der Waals surface area contributed by atoms with E-state index in [0.717, 1.165) is 9.13 Å². The van der Waals surface area contributed by atoms with Crippen molar-refractivity contribution in [3.8, 4) is 17.4 Å². The maximum atomic E-state index is 12.7. The van der Waals surface area contributed by atoms with Crippen LogP contribution < -0.4 is 14.8 Å². The summed E-state index contributed by atoms with van der Waals surface area (Å²) in [4.78, 5) is 36.1. The number of halogens is 1. The minimum Gasteiger partial charge on any atom is -0.493 e. The summed E-state index contributed by atoms with van der Waals surface area (Å²) >= 11 is 2.13. The highest BCUT2D eigenvalue weighted by Gasteiger charge is 2.18. The summed E-state index contributed by atoms with van der Waals surface area (Å²) in [6.45, 7) is 0.463. The number of aromatic hydroxyl groups is 1. The number of azo groups is 1. The van der Waals surface area contributed by atoms with E-state index in [4.69, 9.17) is 14.6 Å². The molecule has 0 fully saturated rings. The SMILES string of the molecule is O=C(O)CCCn1c(O)c(N=NC(=O)c2ccc(NC(=O)CCc3ccc4c(c3)OCO4)cc2)c2cc(I)ccc21. The van der Waals surface area contributed by atoms with Crippen molar-refractivity contribution in [3.63, 3.8) is 0 Å². The first-order valence-electron chi connectivity index (χ1n) is 12.8. The Kier molecular flexibility index (Phi) is 8.47. The van der Waals surface area contributed by atoms with Gasteiger partial charge in [-0.3, -0.25) is 14.4 Å². The zero-order valence-corrected chi connectivity index (χ0v) is 23.8. The van der Waals surface area contributed by atoms with Crippen LogP contribution in [0.25, 0.3) is 10.9 Å². The van der Waals surface area contributed by atoms with Crippen LogP contribution in [0, 0.1) is 3.57 Å². The van der Waals surface area contributed by atoms with Gasteiger partial charge < -0.3 is 29.6 Å². The van der Waals surface area contributed by atoms with E-state index in [0.29, 0.717) is 40.9 Å². The summed E-state index contributed by atoms with van der Waals surface area (Å²) in [6.07, 6.45) is 1.06. The lowest BCUT2D eigenvalue weighted by atomic mass is 10.1. The predicted octanol–water partition coefficient (Wildman–Crippen LogP) is 6.04. The van der Waals surface area contributed by atoms with Crippen LogP contribution in [0.4, 0.5) is 11.4 Å². The molecule has 0 spiro atoms. The Bertz CT molecular complexity index is 1660. The lowest BCUT2D eigenvalue weighted by molar-refractivity contribution is -0.137. The van der Waals surface area contributed by atoms with Crippen molar-refractivity contribution in [1.82, 2.24) is 4.57 Å². The molecule has 1 aromatic heterocycles. The van der Waals surface area contributed by atoms with Gasteiger partial charge >= 0.3 is 5.97 Å². The summed E-state index contributed by atoms with van der Waals surface area (Å²) in [7, 11) is 0. The standard InChI is InChI=1S/C29H25IN4O7/c30-19-7-10-22-21(15-19)27(29(39)34(22)13-1-2-26(36)37)32-33-28(38)18-5-8-20(9-6-18)31-25(35)12-4-17-3-11-23-24(14-17)41-16-40-23/h3,5-11,14-15,39H,1-2,4,12-13,16H2,(H,31,35)(H,36,37). The van der Waals surface area contributed by atoms with E-state index in [1.54, 1.807) is 22.8 Å². The van der Waals surface area contributed by atoms with Crippen molar-refractivity contribution in [3.05, 3.63) is 75.4 Å². The van der Waals surface area contributed by atoms with Crippen molar-refractivity contribution in [1.29, 1.82) is 0 Å². The van der Waals surface area contributed by atoms with Crippen LogP contribution in [0.15, 0.2) is 70.9 Å². The number of amides is 2. The van der Waals surface area contributed by atoms with E-state index in [9.17, 15) is 19.5 Å². The van der Waals surface area contributed by atoms with Gasteiger partial charge in [0, 0.05) is 39.6 Å². The number of aliphatic carboxylic acids is 1. The fraction of sp³-hybridized carbons (Fsp3) is 0.207. The maximum Gasteiger partial charge on any atom is 0.303 e. The number of anilines is 1. The molecule has 41 heavy (non-hydrogen) atoms. The molecule has 0 saturated heterocycles. The van der Waals surface area contributed by atoms with Crippen LogP contribution in [0.2, 0.25) is 0 Å². The van der Waals surface area contributed by atoms with Gasteiger partial charge in [0.15, 0.2) is 17.2 Å². The van der Waals surface area contributed by atoms with Crippen LogP contribution in [0.1, 0.15) is 35.2 Å². The number of aryl methyl sites for hydroxylation is 2. The molecule has 0 atom stereocenters. The lowest BCUT2D eigenvalue weighted by Crippen LogP contribution is -2.12. The number of fused-ring (bicyclic) bond motifs is 2. The van der Waals surface area contributed by atoms with Gasteiger partial charge in [0.1, 0.15) is 0 Å². The number of carbonyl (C=O) groups excluding carboxylic acids is 2. The highest BCUT2D eigenvalue weighted by atomic mass is 127. The molecule has 3 aromatic carbocycles. The molecule has 0 saturated carbocycles. The normalized spacial score (nSPS) is 12.2. The Morgan fingerprint density at radius 3 is 2.54 bits per heavy atom. The van der Waals surface area contributed by atoms with Gasteiger partial charge in [0.2, 0.25) is 18.6 Å². The highest BCUT2D eigenvalue weighted by Crippen LogP contribution is 2.40. The Balaban J connectivity index is 1.22. The molecule has 0 unspecified atom stereocenters. The largest absolute Gasteiger partial charge is 0.493 e. The van der Waals surface area contributed by atoms with Crippen molar-refractivity contribution in [2.24, 2.45) is 10.2 Å². The number of rotatable bonds is 10. The second-order valence-electron chi connectivity index (χ2n) is 9.30. The van der Waals surface area contributed by atoms with Crippen molar-refractivity contribution >= 4 is 62.7 Å². The van der Waals surface area contributed by atoms with E-state index < -0.39 is 11.9 Å². The molecule has 0 aliphatic carbocycles. The monoisotopic (exact) mass is 668 g/mol. The lowest BCUT2D eigenvalue weighted by Gasteiger charge is -2.06. The van der Waals surface area contributed by atoms with Gasteiger partial charge in [-0.25, -0.2) is 0 Å². The molecule has 11 nitrogen and oxygen atoms in total. The second kappa shape index (κ2) is 12.4. The molecule has 210 valence electrons. The van der Waals surface area contributed by atoms with E-state index in [2.05, 4.69) is 38.1 Å². The number of benzene rings is 3. The highest BCUT2D eigenvalue weighted by molar-refractivity contribution is 14.1. The zero-order chi connectivity index (χ0) is 28.9. The van der Waals surface area contributed by atoms with Gasteiger partial charge in [0.05, 0.1) is 5.52 Å². The van der Waals surface area contributed by atoms with Gasteiger partial charge in [0.25, 0.3) is 5.91 Å². The number of hydrogen-bond donors (Lipinski definition) is 3. The smallest absolute Gasteiger partial charge is 0.303 e. The van der Waals surface area contributed by atoms with Crippen molar-refractivity contribution < 1.29 is 34.1 Å². The molecule has 0 radical (unpaired) electrons. The average molecular weight is 668 g/mol. The fourth-order valence-corrected chi connectivity index (χ4v) is 4.93. The zero-order valence-electron chi connectivity index (χ0n) is 21.7. The number of carboxylic acid groups (broad SMARTS) is 1. The molecular weight excluding hydrogens is 643 g/mol. The molecule has 1 aliphatic rings. The minimum absolute atomic E-state index is 0.0465. The van der Waals surface area contributed by atoms with Crippen LogP contribution in [-0.4, -0.2) is 39.4 Å². The second-order valence-corrected chi connectivity index (χ2v) is 10.5. The van der Waals surface area contributed by atoms with E-state index in [1.165, 1.54) is 12.1 Å². The quantitative estimate of drug-likeness (QED) is 0.138. The molecule has 2 heterocycles. The Morgan fingerprint density at radius 2 is 1.76 bits per heavy atom. The fourth-order valence-electron chi connectivity index (χ4n) is 4.44. The number of nitrogens with one attached hydrogen (secondary N) is 1. The van der Waals surface area contributed by atoms with Crippen LogP contribution in [0.5, 0.6) is 17.4 Å². The molecule has 5 rings (SSSR count). The molecule has 2 amide bonds. The third-order valence-corrected chi connectivity index (χ3v) is 7.15. The molecule has 1 aliphatic heterocycles. The van der Waals surface area contributed by atoms with E-state index in [1.807, 2.05) is 30.3 Å². The van der Waals surface area contributed by atoms with E-state index >= 15 is 0 Å². The number of hydrogen-bond acceptors (Lipinski definition) is 7. The average Bonchev–Trinajstić information content (AvgIpc) is 3.52. The van der Waals surface area contributed by atoms with Gasteiger partial charge in [-0.05, 0) is 95.6 Å². The first-order chi connectivity index (χ1) is 19.8. The summed E-state index contributed by atoms with van der Waals surface area (Å²) in [5, 5.41) is 31.1. The first-order valence-corrected chi connectivity index (χ1v) is 13.8. The van der Waals surface area contributed by atoms with Crippen LogP contribution in [0.3, 0.4) is 0 Å². The third kappa shape index (κ3) is 6.65. The number of nitrogens with zero attached hydrogens (tertiary/aromatic N) is 3. The molecule has 0 bridgehead atoms. The molecule has 3 N–H and O–H groups in total. The summed E-state index contributed by atoms with van der Waals surface area (Å²) in [6, 6.07) is 17.3. The predicted molar refractivity (Wildman–Crippen MR) is 158 cm³/mol. The maximum absolute atomic E-state index is 12.7. The Hall–Kier alpha value is -4.46. The van der Waals surface area contributed by atoms with E-state index in [-0.39, 0.29) is 49.2 Å². The summed E-state index contributed by atoms with van der Waals surface area (Å²) in [5.41, 5.74) is 2.54. The Labute approximate surface area is 247 Å². The topological polar surface area (TPSA) is 152 Å². The van der Waals surface area contributed by atoms with Crippen LogP contribution in [-0.2, 0) is 22.6 Å². The van der Waals surface area contributed by atoms with Gasteiger partial charge in [-0.2, -0.15) is 0 Å². The first kappa shape index (κ1) is 28.1.